The van der Waals surface area contributed by atoms with E-state index in [-0.39, 0.29) is 5.75 Å². The van der Waals surface area contributed by atoms with Crippen LogP contribution in [0.3, 0.4) is 0 Å². The summed E-state index contributed by atoms with van der Waals surface area (Å²) < 4.78 is 0. The van der Waals surface area contributed by atoms with Crippen molar-refractivity contribution in [3.8, 4) is 17.0 Å². The van der Waals surface area contributed by atoms with Crippen LogP contribution in [0.4, 0.5) is 0 Å². The number of hydrogen-bond donors (Lipinski definition) is 1. The van der Waals surface area contributed by atoms with Crippen LogP contribution in [-0.2, 0) is 0 Å². The Bertz CT molecular complexity index is 705. The minimum absolute atomic E-state index is 0.280. The van der Waals surface area contributed by atoms with Gasteiger partial charge in [0.15, 0.2) is 0 Å². The van der Waals surface area contributed by atoms with E-state index >= 15 is 0 Å². The lowest BCUT2D eigenvalue weighted by Crippen LogP contribution is -1.88. The van der Waals surface area contributed by atoms with Crippen LogP contribution in [0.15, 0.2) is 54.6 Å². The predicted molar refractivity (Wildman–Crippen MR) is 73.6 cm³/mol. The van der Waals surface area contributed by atoms with Crippen LogP contribution in [0, 0.1) is 6.92 Å². The highest BCUT2D eigenvalue weighted by atomic mass is 16.3. The maximum Gasteiger partial charge on any atom is 0.127 e. The molecule has 0 unspecified atom stereocenters. The van der Waals surface area contributed by atoms with Gasteiger partial charge in [-0.2, -0.15) is 0 Å². The van der Waals surface area contributed by atoms with Crippen molar-refractivity contribution in [3.63, 3.8) is 0 Å². The summed E-state index contributed by atoms with van der Waals surface area (Å²) in [6.45, 7) is 2.00. The van der Waals surface area contributed by atoms with Gasteiger partial charge in [0.2, 0.25) is 0 Å². The highest BCUT2D eigenvalue weighted by molar-refractivity contribution is 5.89. The highest BCUT2D eigenvalue weighted by Gasteiger charge is 2.07. The van der Waals surface area contributed by atoms with Crippen molar-refractivity contribution in [2.24, 2.45) is 0 Å². The van der Waals surface area contributed by atoms with Gasteiger partial charge in [-0.05, 0) is 18.6 Å². The number of fused-ring (bicyclic) bond motifs is 1. The molecule has 0 radical (unpaired) electrons. The third-order valence-electron chi connectivity index (χ3n) is 3.09. The van der Waals surface area contributed by atoms with E-state index in [1.165, 1.54) is 0 Å². The zero-order valence-corrected chi connectivity index (χ0v) is 10.1. The van der Waals surface area contributed by atoms with E-state index in [4.69, 9.17) is 0 Å². The average Bonchev–Trinajstić information content (AvgIpc) is 2.41. The van der Waals surface area contributed by atoms with Gasteiger partial charge in [0.25, 0.3) is 0 Å². The van der Waals surface area contributed by atoms with Crippen LogP contribution in [0.1, 0.15) is 5.56 Å². The summed E-state index contributed by atoms with van der Waals surface area (Å²) in [7, 11) is 0. The minimum Gasteiger partial charge on any atom is -0.507 e. The van der Waals surface area contributed by atoms with Crippen LogP contribution in [0.25, 0.3) is 22.2 Å². The molecule has 0 fully saturated rings. The number of nitrogens with zero attached hydrogens (tertiary/aromatic N) is 1. The van der Waals surface area contributed by atoms with Gasteiger partial charge in [0.1, 0.15) is 5.75 Å². The Morgan fingerprint density at radius 1 is 0.944 bits per heavy atom. The van der Waals surface area contributed by atoms with Gasteiger partial charge in [0, 0.05) is 17.0 Å². The molecule has 1 aromatic heterocycles. The first-order valence-corrected chi connectivity index (χ1v) is 5.90. The van der Waals surface area contributed by atoms with E-state index in [1.54, 1.807) is 6.07 Å². The van der Waals surface area contributed by atoms with Gasteiger partial charge in [-0.25, -0.2) is 4.98 Å². The van der Waals surface area contributed by atoms with Crippen LogP contribution in [0.5, 0.6) is 5.75 Å². The average molecular weight is 235 g/mol. The third kappa shape index (κ3) is 1.72. The van der Waals surface area contributed by atoms with Crippen LogP contribution < -0.4 is 0 Å². The zero-order valence-electron chi connectivity index (χ0n) is 10.1. The molecule has 3 aromatic rings. The van der Waals surface area contributed by atoms with Crippen molar-refractivity contribution in [3.05, 3.63) is 60.2 Å². The molecule has 1 N–H and O–H groups in total. The second-order valence-electron chi connectivity index (χ2n) is 4.36. The first-order valence-electron chi connectivity index (χ1n) is 5.90. The molecule has 0 atom stereocenters. The Morgan fingerprint density at radius 3 is 2.50 bits per heavy atom. The van der Waals surface area contributed by atoms with Crippen molar-refractivity contribution in [2.75, 3.05) is 0 Å². The van der Waals surface area contributed by atoms with Crippen molar-refractivity contribution in [1.29, 1.82) is 0 Å². The Kier molecular flexibility index (Phi) is 2.49. The molecule has 0 aliphatic heterocycles. The number of aromatic hydroxyl groups is 1. The normalized spacial score (nSPS) is 10.7. The molecule has 0 saturated carbocycles. The van der Waals surface area contributed by atoms with Crippen molar-refractivity contribution in [1.82, 2.24) is 4.98 Å². The standard InChI is InChI=1S/C16H13NO/c1-11-6-5-9-13-15(18)10-14(17-16(11)13)12-7-3-2-4-8-12/h2-10H,1H3,(H,17,18). The van der Waals surface area contributed by atoms with Gasteiger partial charge in [-0.1, -0.05) is 42.5 Å². The molecule has 2 heteroatoms. The molecule has 0 aliphatic rings. The Morgan fingerprint density at radius 2 is 1.72 bits per heavy atom. The fraction of sp³-hybridized carbons (Fsp3) is 0.0625. The van der Waals surface area contributed by atoms with E-state index in [0.29, 0.717) is 0 Å². The Balaban J connectivity index is 2.31. The lowest BCUT2D eigenvalue weighted by atomic mass is 10.1. The van der Waals surface area contributed by atoms with E-state index in [2.05, 4.69) is 4.98 Å². The second kappa shape index (κ2) is 4.15. The van der Waals surface area contributed by atoms with Crippen molar-refractivity contribution >= 4 is 10.9 Å². The van der Waals surface area contributed by atoms with Crippen LogP contribution >= 0.6 is 0 Å². The van der Waals surface area contributed by atoms with Crippen LogP contribution in [0.2, 0.25) is 0 Å². The summed E-state index contributed by atoms with van der Waals surface area (Å²) in [4.78, 5) is 4.65. The van der Waals surface area contributed by atoms with Gasteiger partial charge >= 0.3 is 0 Å². The van der Waals surface area contributed by atoms with E-state index in [1.807, 2.05) is 55.5 Å². The molecule has 3 rings (SSSR count). The topological polar surface area (TPSA) is 33.1 Å². The lowest BCUT2D eigenvalue weighted by Gasteiger charge is -2.07. The molecule has 0 amide bonds. The van der Waals surface area contributed by atoms with Gasteiger partial charge in [-0.3, -0.25) is 0 Å². The van der Waals surface area contributed by atoms with E-state index < -0.39 is 0 Å². The Hall–Kier alpha value is -2.35. The summed E-state index contributed by atoms with van der Waals surface area (Å²) in [6.07, 6.45) is 0. The van der Waals surface area contributed by atoms with Gasteiger partial charge in [-0.15, -0.1) is 0 Å². The fourth-order valence-electron chi connectivity index (χ4n) is 2.13. The highest BCUT2D eigenvalue weighted by Crippen LogP contribution is 2.30. The van der Waals surface area contributed by atoms with E-state index in [0.717, 1.165) is 27.7 Å². The monoisotopic (exact) mass is 235 g/mol. The van der Waals surface area contributed by atoms with Gasteiger partial charge < -0.3 is 5.11 Å². The summed E-state index contributed by atoms with van der Waals surface area (Å²) in [5.74, 6) is 0.280. The number of aromatic nitrogens is 1. The minimum atomic E-state index is 0.280. The number of para-hydroxylation sites is 1. The first-order chi connectivity index (χ1) is 8.75. The number of pyridine rings is 1. The second-order valence-corrected chi connectivity index (χ2v) is 4.36. The number of rotatable bonds is 1. The summed E-state index contributed by atoms with van der Waals surface area (Å²) in [6, 6.07) is 17.4. The molecule has 88 valence electrons. The largest absolute Gasteiger partial charge is 0.507 e. The summed E-state index contributed by atoms with van der Waals surface area (Å²) in [5.41, 5.74) is 3.74. The molecule has 18 heavy (non-hydrogen) atoms. The van der Waals surface area contributed by atoms with Crippen molar-refractivity contribution in [2.45, 2.75) is 6.92 Å². The fourth-order valence-corrected chi connectivity index (χ4v) is 2.13. The number of benzene rings is 2. The molecular formula is C16H13NO. The summed E-state index contributed by atoms with van der Waals surface area (Å²) >= 11 is 0. The lowest BCUT2D eigenvalue weighted by molar-refractivity contribution is 0.481. The molecule has 1 heterocycles. The zero-order chi connectivity index (χ0) is 12.5. The van der Waals surface area contributed by atoms with Crippen LogP contribution in [-0.4, -0.2) is 10.1 Å². The molecule has 2 aromatic carbocycles. The third-order valence-corrected chi connectivity index (χ3v) is 3.09. The first kappa shape index (κ1) is 10.8. The smallest absolute Gasteiger partial charge is 0.127 e. The van der Waals surface area contributed by atoms with E-state index in [9.17, 15) is 5.11 Å². The Labute approximate surface area is 106 Å². The maximum absolute atomic E-state index is 10.1. The molecule has 0 saturated heterocycles. The predicted octanol–water partition coefficient (Wildman–Crippen LogP) is 3.92. The molecule has 0 aliphatic carbocycles. The molecule has 0 bridgehead atoms. The molecule has 0 spiro atoms. The maximum atomic E-state index is 10.1. The molecular weight excluding hydrogens is 222 g/mol. The number of aryl methyl sites for hydroxylation is 1. The SMILES string of the molecule is Cc1cccc2c(O)cc(-c3ccccc3)nc12. The summed E-state index contributed by atoms with van der Waals surface area (Å²) in [5, 5.41) is 10.9. The van der Waals surface area contributed by atoms with Gasteiger partial charge in [0.05, 0.1) is 11.2 Å². The number of hydrogen-bond acceptors (Lipinski definition) is 2. The van der Waals surface area contributed by atoms with Crippen molar-refractivity contribution < 1.29 is 5.11 Å². The quantitative estimate of drug-likeness (QED) is 0.693. The molecule has 2 nitrogen and oxygen atoms in total.